The highest BCUT2D eigenvalue weighted by atomic mass is 16.4. The minimum Gasteiger partial charge on any atom is -0.480 e. The van der Waals surface area contributed by atoms with E-state index in [0.717, 1.165) is 0 Å². The molecule has 0 radical (unpaired) electrons. The van der Waals surface area contributed by atoms with Crippen molar-refractivity contribution in [3.05, 3.63) is 0 Å². The van der Waals surface area contributed by atoms with Crippen LogP contribution in [0.5, 0.6) is 0 Å². The fourth-order valence-corrected chi connectivity index (χ4v) is 3.00. The molecule has 0 aliphatic heterocycles. The first-order valence-corrected chi connectivity index (χ1v) is 11.4. The second-order valence-corrected chi connectivity index (χ2v) is 8.72. The first-order valence-electron chi connectivity index (χ1n) is 11.4. The summed E-state index contributed by atoms with van der Waals surface area (Å²) in [7, 11) is 0. The lowest BCUT2D eigenvalue weighted by Gasteiger charge is -2.26. The van der Waals surface area contributed by atoms with Gasteiger partial charge in [-0.2, -0.15) is 0 Å². The third-order valence-corrected chi connectivity index (χ3v) is 5.41. The fourth-order valence-electron chi connectivity index (χ4n) is 3.00. The highest BCUT2D eigenvalue weighted by Gasteiger charge is 2.32. The summed E-state index contributed by atoms with van der Waals surface area (Å²) in [5.41, 5.74) is 21.8. The predicted octanol–water partition coefficient (Wildman–Crippen LogP) is -2.52. The maximum Gasteiger partial charge on any atom is 0.326 e. The summed E-state index contributed by atoms with van der Waals surface area (Å²) < 4.78 is 0. The summed E-state index contributed by atoms with van der Waals surface area (Å²) in [4.78, 5) is 65.1. The topological polar surface area (TPSA) is 258 Å². The molecule has 0 aromatic rings. The monoisotopic (exact) mass is 500 g/mol. The van der Waals surface area contributed by atoms with Gasteiger partial charge in [0.2, 0.25) is 23.6 Å². The van der Waals surface area contributed by atoms with Crippen molar-refractivity contribution in [2.24, 2.45) is 39.8 Å². The van der Waals surface area contributed by atoms with Gasteiger partial charge < -0.3 is 44.0 Å². The van der Waals surface area contributed by atoms with Crippen LogP contribution in [0.2, 0.25) is 0 Å². The van der Waals surface area contributed by atoms with Crippen molar-refractivity contribution in [2.75, 3.05) is 6.54 Å². The molecule has 14 heteroatoms. The maximum atomic E-state index is 13.0. The number of nitrogens with zero attached hydrogens (tertiary/aromatic N) is 1. The predicted molar refractivity (Wildman–Crippen MR) is 129 cm³/mol. The Labute approximate surface area is 205 Å². The largest absolute Gasteiger partial charge is 0.480 e. The number of nitrogens with two attached hydrogens (primary N) is 4. The summed E-state index contributed by atoms with van der Waals surface area (Å²) in [6, 6.07) is -4.71. The molecule has 0 rings (SSSR count). The lowest BCUT2D eigenvalue weighted by molar-refractivity contribution is -0.143. The van der Waals surface area contributed by atoms with Gasteiger partial charge in [0.25, 0.3) is 0 Å². The van der Waals surface area contributed by atoms with Gasteiger partial charge in [-0.3, -0.25) is 24.2 Å². The van der Waals surface area contributed by atoms with Crippen molar-refractivity contribution in [1.82, 2.24) is 16.0 Å². The molecular weight excluding hydrogens is 460 g/mol. The molecule has 35 heavy (non-hydrogen) atoms. The second-order valence-electron chi connectivity index (χ2n) is 8.72. The van der Waals surface area contributed by atoms with Gasteiger partial charge in [-0.15, -0.1) is 0 Å². The maximum absolute atomic E-state index is 13.0. The number of carboxylic acids is 1. The van der Waals surface area contributed by atoms with E-state index in [0.29, 0.717) is 12.8 Å². The van der Waals surface area contributed by atoms with Crippen LogP contribution >= 0.6 is 0 Å². The van der Waals surface area contributed by atoms with Gasteiger partial charge in [0.15, 0.2) is 5.96 Å². The normalized spacial score (nSPS) is 15.1. The number of hydrogen-bond acceptors (Lipinski definition) is 7. The minimum atomic E-state index is -1.46. The molecule has 0 saturated heterocycles. The Bertz CT molecular complexity index is 784. The molecule has 0 spiro atoms. The van der Waals surface area contributed by atoms with Crippen LogP contribution in [-0.2, 0) is 24.0 Å². The number of primary amides is 1. The lowest BCUT2D eigenvalue weighted by Crippen LogP contribution is -2.58. The minimum absolute atomic E-state index is 0.0935. The molecule has 200 valence electrons. The summed E-state index contributed by atoms with van der Waals surface area (Å²) in [6.45, 7) is 7.01. The molecule has 4 amide bonds. The second kappa shape index (κ2) is 15.5. The highest BCUT2D eigenvalue weighted by Crippen LogP contribution is 2.08. The van der Waals surface area contributed by atoms with Crippen LogP contribution < -0.4 is 38.9 Å². The number of amides is 4. The van der Waals surface area contributed by atoms with E-state index in [2.05, 4.69) is 20.9 Å². The highest BCUT2D eigenvalue weighted by molar-refractivity contribution is 5.96. The van der Waals surface area contributed by atoms with Crippen LogP contribution in [0.25, 0.3) is 0 Å². The molecule has 0 aliphatic carbocycles. The standard InChI is InChI=1S/C21H40N8O6/c1-5-11(4)15(23)19(33)27-12(7-6-8-26-21(24)25)17(31)28-13(9-14(22)30)18(32)29-16(10(2)3)20(34)35/h10-13,15-16H,5-9,23H2,1-4H3,(H2,22,30)(H,27,33)(H,28,31)(H,29,32)(H,34,35)(H4,24,25,26). The number of guanidine groups is 1. The van der Waals surface area contributed by atoms with E-state index >= 15 is 0 Å². The van der Waals surface area contributed by atoms with Crippen LogP contribution in [0.4, 0.5) is 0 Å². The quantitative estimate of drug-likeness (QED) is 0.0631. The van der Waals surface area contributed by atoms with E-state index in [9.17, 15) is 29.1 Å². The average molecular weight is 501 g/mol. The zero-order valence-corrected chi connectivity index (χ0v) is 20.7. The van der Waals surface area contributed by atoms with E-state index < -0.39 is 66.1 Å². The molecule has 0 aromatic heterocycles. The number of carboxylic acid groups (broad SMARTS) is 1. The van der Waals surface area contributed by atoms with E-state index in [1.165, 1.54) is 0 Å². The smallest absolute Gasteiger partial charge is 0.326 e. The summed E-state index contributed by atoms with van der Waals surface area (Å²) in [6.07, 6.45) is 0.451. The molecule has 0 heterocycles. The summed E-state index contributed by atoms with van der Waals surface area (Å²) >= 11 is 0. The Balaban J connectivity index is 5.66. The van der Waals surface area contributed by atoms with Gasteiger partial charge in [0, 0.05) is 6.54 Å². The summed E-state index contributed by atoms with van der Waals surface area (Å²) in [5, 5.41) is 16.6. The SMILES string of the molecule is CCC(C)C(N)C(=O)NC(CCCN=C(N)N)C(=O)NC(CC(N)=O)C(=O)NC(C(=O)O)C(C)C. The average Bonchev–Trinajstić information content (AvgIpc) is 2.76. The third-order valence-electron chi connectivity index (χ3n) is 5.41. The van der Waals surface area contributed by atoms with E-state index in [4.69, 9.17) is 22.9 Å². The van der Waals surface area contributed by atoms with Crippen LogP contribution in [0, 0.1) is 11.8 Å². The van der Waals surface area contributed by atoms with Crippen molar-refractivity contribution in [3.8, 4) is 0 Å². The third kappa shape index (κ3) is 12.0. The molecule has 0 bridgehead atoms. The van der Waals surface area contributed by atoms with Crippen molar-refractivity contribution >= 4 is 35.6 Å². The zero-order chi connectivity index (χ0) is 27.3. The molecule has 0 saturated carbocycles. The Morgan fingerprint density at radius 2 is 1.43 bits per heavy atom. The molecule has 0 aliphatic rings. The van der Waals surface area contributed by atoms with E-state index in [-0.39, 0.29) is 24.8 Å². The molecule has 12 N–H and O–H groups in total. The first kappa shape index (κ1) is 31.6. The number of aliphatic imine (C=N–C) groups is 1. The zero-order valence-electron chi connectivity index (χ0n) is 20.7. The Kier molecular flexibility index (Phi) is 14.0. The van der Waals surface area contributed by atoms with Gasteiger partial charge in [0.1, 0.15) is 18.1 Å². The Morgan fingerprint density at radius 1 is 0.886 bits per heavy atom. The van der Waals surface area contributed by atoms with E-state index in [1.54, 1.807) is 20.8 Å². The van der Waals surface area contributed by atoms with Gasteiger partial charge >= 0.3 is 5.97 Å². The number of rotatable bonds is 16. The molecule has 0 fully saturated rings. The van der Waals surface area contributed by atoms with Crippen molar-refractivity contribution in [1.29, 1.82) is 0 Å². The van der Waals surface area contributed by atoms with Crippen LogP contribution in [0.15, 0.2) is 4.99 Å². The number of carbonyl (C=O) groups excluding carboxylic acids is 4. The molecule has 5 atom stereocenters. The first-order chi connectivity index (χ1) is 16.2. The number of nitrogens with one attached hydrogen (secondary N) is 3. The lowest BCUT2D eigenvalue weighted by atomic mass is 9.98. The molecule has 5 unspecified atom stereocenters. The van der Waals surface area contributed by atoms with Crippen LogP contribution in [0.1, 0.15) is 53.4 Å². The number of hydrogen-bond donors (Lipinski definition) is 8. The van der Waals surface area contributed by atoms with Crippen LogP contribution in [0.3, 0.4) is 0 Å². The van der Waals surface area contributed by atoms with E-state index in [1.807, 2.05) is 6.92 Å². The molecule has 14 nitrogen and oxygen atoms in total. The van der Waals surface area contributed by atoms with Gasteiger partial charge in [0.05, 0.1) is 12.5 Å². The van der Waals surface area contributed by atoms with Crippen molar-refractivity contribution in [2.45, 2.75) is 77.5 Å². The van der Waals surface area contributed by atoms with Gasteiger partial charge in [-0.1, -0.05) is 34.1 Å². The number of carbonyl (C=O) groups is 5. The molecule has 0 aromatic carbocycles. The Hall–Kier alpha value is -3.42. The van der Waals surface area contributed by atoms with Gasteiger partial charge in [-0.05, 0) is 24.7 Å². The van der Waals surface area contributed by atoms with Crippen molar-refractivity contribution in [3.63, 3.8) is 0 Å². The fraction of sp³-hybridized carbons (Fsp3) is 0.714. The summed E-state index contributed by atoms with van der Waals surface area (Å²) in [5.74, 6) is -5.18. The Morgan fingerprint density at radius 3 is 1.89 bits per heavy atom. The van der Waals surface area contributed by atoms with Crippen LogP contribution in [-0.4, -0.2) is 71.4 Å². The molecular formula is C21H40N8O6. The van der Waals surface area contributed by atoms with Crippen molar-refractivity contribution < 1.29 is 29.1 Å². The number of aliphatic carboxylic acids is 1. The van der Waals surface area contributed by atoms with Gasteiger partial charge in [-0.25, -0.2) is 4.79 Å².